The number of amides is 3. The summed E-state index contributed by atoms with van der Waals surface area (Å²) < 4.78 is 0. The monoisotopic (exact) mass is 289 g/mol. The molecular weight excluding hydrogens is 274 g/mol. The Morgan fingerprint density at radius 2 is 1.80 bits per heavy atom. The standard InChI is InChI=1S/C14H15N3O2S/c15-12(18)11-8-10(20-13(11)17-14(16)19)7-6-9-4-2-1-3-5-9/h1-5,8H,6-7H2,(H2,15,18)(H3,16,17,19). The van der Waals surface area contributed by atoms with Gasteiger partial charge in [-0.05, 0) is 24.5 Å². The van der Waals surface area contributed by atoms with Crippen LogP contribution in [0.25, 0.3) is 0 Å². The largest absolute Gasteiger partial charge is 0.366 e. The lowest BCUT2D eigenvalue weighted by Gasteiger charge is -1.99. The molecule has 2 aromatic rings. The fourth-order valence-electron chi connectivity index (χ4n) is 1.87. The Morgan fingerprint density at radius 3 is 2.40 bits per heavy atom. The number of hydrogen-bond acceptors (Lipinski definition) is 3. The van der Waals surface area contributed by atoms with Crippen LogP contribution < -0.4 is 16.8 Å². The maximum Gasteiger partial charge on any atom is 0.317 e. The minimum atomic E-state index is -0.705. The minimum Gasteiger partial charge on any atom is -0.366 e. The number of urea groups is 1. The summed E-state index contributed by atoms with van der Waals surface area (Å²) in [5.41, 5.74) is 11.9. The fraction of sp³-hybridized carbons (Fsp3) is 0.143. The van der Waals surface area contributed by atoms with E-state index in [2.05, 4.69) is 5.32 Å². The quantitative estimate of drug-likeness (QED) is 0.785. The second-order valence-corrected chi connectivity index (χ2v) is 5.43. The fourth-order valence-corrected chi connectivity index (χ4v) is 2.93. The van der Waals surface area contributed by atoms with E-state index in [1.165, 1.54) is 16.9 Å². The summed E-state index contributed by atoms with van der Waals surface area (Å²) in [4.78, 5) is 23.2. The van der Waals surface area contributed by atoms with Crippen LogP contribution in [0.4, 0.5) is 9.80 Å². The first-order valence-corrected chi connectivity index (χ1v) is 6.91. The summed E-state index contributed by atoms with van der Waals surface area (Å²) in [6.07, 6.45) is 1.63. The SMILES string of the molecule is NC(=O)Nc1sc(CCc2ccccc2)cc1C(N)=O. The highest BCUT2D eigenvalue weighted by molar-refractivity contribution is 7.16. The summed E-state index contributed by atoms with van der Waals surface area (Å²) in [6.45, 7) is 0. The first-order chi connectivity index (χ1) is 9.56. The molecule has 0 atom stereocenters. The number of carbonyl (C=O) groups excluding carboxylic acids is 2. The van der Waals surface area contributed by atoms with E-state index in [9.17, 15) is 9.59 Å². The molecule has 0 spiro atoms. The van der Waals surface area contributed by atoms with Gasteiger partial charge in [0.15, 0.2) is 0 Å². The molecule has 0 fully saturated rings. The van der Waals surface area contributed by atoms with E-state index in [0.717, 1.165) is 17.7 Å². The van der Waals surface area contributed by atoms with Crippen LogP contribution in [0, 0.1) is 0 Å². The highest BCUT2D eigenvalue weighted by atomic mass is 32.1. The van der Waals surface area contributed by atoms with Crippen LogP contribution in [-0.4, -0.2) is 11.9 Å². The van der Waals surface area contributed by atoms with Gasteiger partial charge >= 0.3 is 6.03 Å². The van der Waals surface area contributed by atoms with Gasteiger partial charge in [-0.25, -0.2) is 4.79 Å². The van der Waals surface area contributed by atoms with Crippen LogP contribution in [0.5, 0.6) is 0 Å². The van der Waals surface area contributed by atoms with Crippen molar-refractivity contribution in [3.63, 3.8) is 0 Å². The van der Waals surface area contributed by atoms with Crippen molar-refractivity contribution in [1.29, 1.82) is 0 Å². The molecular formula is C14H15N3O2S. The molecule has 1 heterocycles. The van der Waals surface area contributed by atoms with Crippen LogP contribution >= 0.6 is 11.3 Å². The van der Waals surface area contributed by atoms with E-state index in [-0.39, 0.29) is 0 Å². The summed E-state index contributed by atoms with van der Waals surface area (Å²) in [7, 11) is 0. The lowest BCUT2D eigenvalue weighted by Crippen LogP contribution is -2.21. The molecule has 6 heteroatoms. The first-order valence-electron chi connectivity index (χ1n) is 6.09. The third-order valence-electron chi connectivity index (χ3n) is 2.79. The molecule has 0 aliphatic carbocycles. The molecule has 0 unspecified atom stereocenters. The molecule has 1 aromatic heterocycles. The summed E-state index contributed by atoms with van der Waals surface area (Å²) in [5.74, 6) is -0.573. The average molecular weight is 289 g/mol. The van der Waals surface area contributed by atoms with Gasteiger partial charge in [0.2, 0.25) is 0 Å². The maximum atomic E-state index is 11.3. The second kappa shape index (κ2) is 6.21. The van der Waals surface area contributed by atoms with Crippen LogP contribution in [0.2, 0.25) is 0 Å². The summed E-state index contributed by atoms with van der Waals surface area (Å²) in [5, 5.41) is 2.84. The van der Waals surface area contributed by atoms with Gasteiger partial charge in [-0.3, -0.25) is 10.1 Å². The van der Waals surface area contributed by atoms with Gasteiger partial charge < -0.3 is 11.5 Å². The summed E-state index contributed by atoms with van der Waals surface area (Å²) >= 11 is 1.32. The van der Waals surface area contributed by atoms with Crippen molar-refractivity contribution >= 4 is 28.3 Å². The molecule has 0 radical (unpaired) electrons. The van der Waals surface area contributed by atoms with Crippen LogP contribution in [-0.2, 0) is 12.8 Å². The zero-order valence-corrected chi connectivity index (χ0v) is 11.6. The predicted molar refractivity (Wildman–Crippen MR) is 79.9 cm³/mol. The smallest absolute Gasteiger partial charge is 0.317 e. The number of nitrogens with two attached hydrogens (primary N) is 2. The Kier molecular flexibility index (Phi) is 4.37. The molecule has 20 heavy (non-hydrogen) atoms. The molecule has 0 aliphatic heterocycles. The Hall–Kier alpha value is -2.34. The van der Waals surface area contributed by atoms with Crippen molar-refractivity contribution in [1.82, 2.24) is 0 Å². The van der Waals surface area contributed by atoms with Crippen molar-refractivity contribution in [2.75, 3.05) is 5.32 Å². The Labute approximate surface area is 120 Å². The number of carbonyl (C=O) groups is 2. The Morgan fingerprint density at radius 1 is 1.10 bits per heavy atom. The molecule has 2 rings (SSSR count). The van der Waals surface area contributed by atoms with Gasteiger partial charge in [0, 0.05) is 4.88 Å². The van der Waals surface area contributed by atoms with Crippen LogP contribution in [0.3, 0.4) is 0 Å². The van der Waals surface area contributed by atoms with Crippen LogP contribution in [0.1, 0.15) is 20.8 Å². The van der Waals surface area contributed by atoms with Crippen molar-refractivity contribution in [2.45, 2.75) is 12.8 Å². The molecule has 3 amide bonds. The van der Waals surface area contributed by atoms with Gasteiger partial charge in [-0.1, -0.05) is 30.3 Å². The van der Waals surface area contributed by atoms with Gasteiger partial charge in [0.25, 0.3) is 5.91 Å². The van der Waals surface area contributed by atoms with Crippen molar-refractivity contribution in [3.8, 4) is 0 Å². The van der Waals surface area contributed by atoms with Crippen molar-refractivity contribution in [2.24, 2.45) is 11.5 Å². The van der Waals surface area contributed by atoms with Gasteiger partial charge in [0.1, 0.15) is 5.00 Å². The molecule has 104 valence electrons. The molecule has 0 aliphatic rings. The number of nitrogens with one attached hydrogen (secondary N) is 1. The number of rotatable bonds is 5. The highest BCUT2D eigenvalue weighted by Crippen LogP contribution is 2.28. The van der Waals surface area contributed by atoms with E-state index in [0.29, 0.717) is 10.6 Å². The molecule has 1 aromatic carbocycles. The van der Waals surface area contributed by atoms with Gasteiger partial charge in [-0.15, -0.1) is 11.3 Å². The average Bonchev–Trinajstić information content (AvgIpc) is 2.80. The number of aryl methyl sites for hydroxylation is 2. The third kappa shape index (κ3) is 3.58. The highest BCUT2D eigenvalue weighted by Gasteiger charge is 2.14. The molecule has 0 saturated carbocycles. The molecule has 5 nitrogen and oxygen atoms in total. The zero-order valence-electron chi connectivity index (χ0n) is 10.8. The van der Waals surface area contributed by atoms with Gasteiger partial charge in [-0.2, -0.15) is 0 Å². The number of hydrogen-bond donors (Lipinski definition) is 3. The van der Waals surface area contributed by atoms with E-state index >= 15 is 0 Å². The van der Waals surface area contributed by atoms with E-state index in [4.69, 9.17) is 11.5 Å². The zero-order chi connectivity index (χ0) is 14.5. The van der Waals surface area contributed by atoms with Crippen LogP contribution in [0.15, 0.2) is 36.4 Å². The lowest BCUT2D eigenvalue weighted by atomic mass is 10.1. The molecule has 0 bridgehead atoms. The molecule has 5 N–H and O–H groups in total. The van der Waals surface area contributed by atoms with Gasteiger partial charge in [0.05, 0.1) is 5.56 Å². The predicted octanol–water partition coefficient (Wildman–Crippen LogP) is 2.12. The van der Waals surface area contributed by atoms with Crippen molar-refractivity contribution < 1.29 is 9.59 Å². The van der Waals surface area contributed by atoms with E-state index < -0.39 is 11.9 Å². The summed E-state index contributed by atoms with van der Waals surface area (Å²) in [6, 6.07) is 11.0. The minimum absolute atomic E-state index is 0.303. The topological polar surface area (TPSA) is 98.2 Å². The normalized spacial score (nSPS) is 10.2. The number of thiophene rings is 1. The number of benzene rings is 1. The first kappa shape index (κ1) is 14.1. The Balaban J connectivity index is 2.12. The third-order valence-corrected chi connectivity index (χ3v) is 3.90. The van der Waals surface area contributed by atoms with E-state index in [1.54, 1.807) is 6.07 Å². The Bertz CT molecular complexity index is 623. The van der Waals surface area contributed by atoms with Crippen molar-refractivity contribution in [3.05, 3.63) is 52.4 Å². The number of anilines is 1. The second-order valence-electron chi connectivity index (χ2n) is 4.29. The maximum absolute atomic E-state index is 11.3. The van der Waals surface area contributed by atoms with E-state index in [1.807, 2.05) is 30.3 Å². The lowest BCUT2D eigenvalue weighted by molar-refractivity contribution is 0.100. The molecule has 0 saturated heterocycles. The number of primary amides is 2.